The topological polar surface area (TPSA) is 61.5 Å². The molecule has 0 bridgehead atoms. The molecule has 0 saturated carbocycles. The van der Waals surface area contributed by atoms with Crippen LogP contribution in [0.2, 0.25) is 0 Å². The minimum Gasteiger partial charge on any atom is -0.373 e. The summed E-state index contributed by atoms with van der Waals surface area (Å²) in [6.45, 7) is 5.91. The van der Waals surface area contributed by atoms with Crippen molar-refractivity contribution in [2.45, 2.75) is 32.0 Å². The van der Waals surface area contributed by atoms with E-state index in [1.165, 1.54) is 5.56 Å². The summed E-state index contributed by atoms with van der Waals surface area (Å²) in [5.74, 6) is 0.129. The number of carbonyl (C=O) groups is 1. The van der Waals surface area contributed by atoms with Crippen molar-refractivity contribution in [3.05, 3.63) is 53.3 Å². The van der Waals surface area contributed by atoms with Gasteiger partial charge in [-0.25, -0.2) is 0 Å². The Balaban J connectivity index is 1.40. The van der Waals surface area contributed by atoms with Gasteiger partial charge < -0.3 is 9.64 Å². The number of ether oxygens (including phenoxy) is 1. The number of aromatic nitrogens is 2. The number of morpholine rings is 1. The quantitative estimate of drug-likeness (QED) is 0.913. The molecule has 1 N–H and O–H groups in total. The summed E-state index contributed by atoms with van der Waals surface area (Å²) in [6, 6.07) is 12.7. The van der Waals surface area contributed by atoms with E-state index in [4.69, 9.17) is 4.74 Å². The zero-order valence-corrected chi connectivity index (χ0v) is 14.5. The van der Waals surface area contributed by atoms with Crippen molar-refractivity contribution in [3.63, 3.8) is 0 Å². The first-order valence-electron chi connectivity index (χ1n) is 8.87. The van der Waals surface area contributed by atoms with Crippen molar-refractivity contribution >= 4 is 5.91 Å². The third-order valence-corrected chi connectivity index (χ3v) is 5.09. The maximum absolute atomic E-state index is 12.6. The maximum atomic E-state index is 12.6. The molecule has 0 radical (unpaired) electrons. The number of nitrogens with zero attached hydrogens (tertiary/aromatic N) is 3. The first-order valence-corrected chi connectivity index (χ1v) is 8.87. The predicted octanol–water partition coefficient (Wildman–Crippen LogP) is 1.37. The molecule has 0 aliphatic carbocycles. The van der Waals surface area contributed by atoms with Crippen LogP contribution in [0.25, 0.3) is 0 Å². The highest BCUT2D eigenvalue weighted by atomic mass is 16.5. The van der Waals surface area contributed by atoms with E-state index in [9.17, 15) is 4.79 Å². The molecule has 3 heterocycles. The lowest BCUT2D eigenvalue weighted by Crippen LogP contribution is -2.50. The number of aryl methyl sites for hydroxylation is 1. The van der Waals surface area contributed by atoms with Gasteiger partial charge in [-0.1, -0.05) is 30.3 Å². The Hall–Kier alpha value is -2.18. The molecule has 1 aromatic heterocycles. The van der Waals surface area contributed by atoms with E-state index in [1.54, 1.807) is 0 Å². The van der Waals surface area contributed by atoms with Crippen molar-refractivity contribution in [1.82, 2.24) is 20.0 Å². The highest BCUT2D eigenvalue weighted by molar-refractivity contribution is 5.78. The van der Waals surface area contributed by atoms with Crippen LogP contribution >= 0.6 is 0 Å². The molecular weight excluding hydrogens is 316 g/mol. The summed E-state index contributed by atoms with van der Waals surface area (Å²) < 4.78 is 5.95. The van der Waals surface area contributed by atoms with Crippen LogP contribution in [0.5, 0.6) is 0 Å². The molecule has 2 aromatic rings. The van der Waals surface area contributed by atoms with E-state index >= 15 is 0 Å². The number of H-pyrrole nitrogens is 1. The van der Waals surface area contributed by atoms with Gasteiger partial charge in [-0.15, -0.1) is 0 Å². The van der Waals surface area contributed by atoms with Crippen LogP contribution in [-0.2, 0) is 22.5 Å². The molecule has 0 spiro atoms. The van der Waals surface area contributed by atoms with Gasteiger partial charge in [0.2, 0.25) is 5.91 Å². The second-order valence-electron chi connectivity index (χ2n) is 6.95. The first-order chi connectivity index (χ1) is 12.2. The minimum absolute atomic E-state index is 0.113. The molecule has 6 nitrogen and oxygen atoms in total. The van der Waals surface area contributed by atoms with Gasteiger partial charge in [0, 0.05) is 31.9 Å². The number of benzene rings is 1. The molecule has 2 aliphatic rings. The van der Waals surface area contributed by atoms with Crippen molar-refractivity contribution < 1.29 is 9.53 Å². The molecular formula is C19H24N4O2. The van der Waals surface area contributed by atoms with Gasteiger partial charge in [0.1, 0.15) is 0 Å². The Bertz CT molecular complexity index is 730. The normalized spacial score (nSPS) is 23.6. The van der Waals surface area contributed by atoms with Crippen LogP contribution in [0.1, 0.15) is 17.0 Å². The van der Waals surface area contributed by atoms with E-state index in [-0.39, 0.29) is 18.1 Å². The molecule has 2 aliphatic heterocycles. The monoisotopic (exact) mass is 340 g/mol. The number of aromatic amines is 1. The second-order valence-corrected chi connectivity index (χ2v) is 6.95. The van der Waals surface area contributed by atoms with Crippen LogP contribution in [0.4, 0.5) is 0 Å². The van der Waals surface area contributed by atoms with Gasteiger partial charge >= 0.3 is 0 Å². The number of carbonyl (C=O) groups excluding carboxylic acids is 1. The number of nitrogens with one attached hydrogen (secondary N) is 1. The van der Waals surface area contributed by atoms with E-state index in [0.29, 0.717) is 13.0 Å². The zero-order chi connectivity index (χ0) is 17.2. The SMILES string of the molecule is Cc1cc(CC(=O)N2CC3OCCN(Cc4ccccc4)C3C2)n[nH]1. The smallest absolute Gasteiger partial charge is 0.228 e. The number of hydrogen-bond donors (Lipinski definition) is 1. The molecule has 2 saturated heterocycles. The summed E-state index contributed by atoms with van der Waals surface area (Å²) in [5, 5.41) is 7.07. The van der Waals surface area contributed by atoms with E-state index in [2.05, 4.69) is 39.4 Å². The fourth-order valence-electron chi connectivity index (χ4n) is 3.81. The van der Waals surface area contributed by atoms with Gasteiger partial charge in [-0.2, -0.15) is 5.10 Å². The highest BCUT2D eigenvalue weighted by Crippen LogP contribution is 2.25. The Morgan fingerprint density at radius 3 is 2.92 bits per heavy atom. The zero-order valence-electron chi connectivity index (χ0n) is 14.5. The molecule has 25 heavy (non-hydrogen) atoms. The van der Waals surface area contributed by atoms with E-state index < -0.39 is 0 Å². The molecule has 4 rings (SSSR count). The van der Waals surface area contributed by atoms with Crippen LogP contribution in [0.15, 0.2) is 36.4 Å². The van der Waals surface area contributed by atoms with E-state index in [0.717, 1.165) is 37.6 Å². The van der Waals surface area contributed by atoms with Gasteiger partial charge in [0.05, 0.1) is 30.9 Å². The van der Waals surface area contributed by atoms with Gasteiger partial charge in [-0.3, -0.25) is 14.8 Å². The van der Waals surface area contributed by atoms with E-state index in [1.807, 2.05) is 24.0 Å². The van der Waals surface area contributed by atoms with Crippen LogP contribution < -0.4 is 0 Å². The van der Waals surface area contributed by atoms with Gasteiger partial charge in [-0.05, 0) is 18.6 Å². The third-order valence-electron chi connectivity index (χ3n) is 5.09. The van der Waals surface area contributed by atoms with Crippen LogP contribution in [0.3, 0.4) is 0 Å². The van der Waals surface area contributed by atoms with Crippen LogP contribution in [0, 0.1) is 6.92 Å². The van der Waals surface area contributed by atoms with Crippen molar-refractivity contribution in [2.75, 3.05) is 26.2 Å². The highest BCUT2D eigenvalue weighted by Gasteiger charge is 2.41. The lowest BCUT2D eigenvalue weighted by molar-refractivity contribution is -0.130. The number of hydrogen-bond acceptors (Lipinski definition) is 4. The van der Waals surface area contributed by atoms with Crippen LogP contribution in [-0.4, -0.2) is 64.3 Å². The predicted molar refractivity (Wildman–Crippen MR) is 94.0 cm³/mol. The largest absolute Gasteiger partial charge is 0.373 e. The standard InChI is InChI=1S/C19H24N4O2/c1-14-9-16(21-20-14)10-19(24)23-12-17-18(13-23)25-8-7-22(17)11-15-5-3-2-4-6-15/h2-6,9,17-18H,7-8,10-13H2,1H3,(H,20,21). The molecule has 6 heteroatoms. The Labute approximate surface area is 147 Å². The molecule has 1 aromatic carbocycles. The summed E-state index contributed by atoms with van der Waals surface area (Å²) in [4.78, 5) is 17.0. The summed E-state index contributed by atoms with van der Waals surface area (Å²) in [7, 11) is 0. The molecule has 2 fully saturated rings. The maximum Gasteiger partial charge on any atom is 0.228 e. The second kappa shape index (κ2) is 6.98. The third kappa shape index (κ3) is 3.60. The fourth-order valence-corrected chi connectivity index (χ4v) is 3.81. The molecule has 2 atom stereocenters. The lowest BCUT2D eigenvalue weighted by atomic mass is 10.1. The minimum atomic E-state index is 0.113. The Morgan fingerprint density at radius 2 is 2.16 bits per heavy atom. The van der Waals surface area contributed by atoms with Crippen molar-refractivity contribution in [1.29, 1.82) is 0 Å². The average Bonchev–Trinajstić information content (AvgIpc) is 3.22. The first kappa shape index (κ1) is 16.3. The lowest BCUT2D eigenvalue weighted by Gasteiger charge is -2.36. The number of fused-ring (bicyclic) bond motifs is 1. The number of rotatable bonds is 4. The van der Waals surface area contributed by atoms with Gasteiger partial charge in [0.25, 0.3) is 0 Å². The fraction of sp³-hybridized carbons (Fsp3) is 0.474. The number of likely N-dealkylation sites (tertiary alicyclic amines) is 1. The Morgan fingerprint density at radius 1 is 1.32 bits per heavy atom. The van der Waals surface area contributed by atoms with Crippen molar-refractivity contribution in [3.8, 4) is 0 Å². The van der Waals surface area contributed by atoms with Gasteiger partial charge in [0.15, 0.2) is 0 Å². The molecule has 2 unspecified atom stereocenters. The summed E-state index contributed by atoms with van der Waals surface area (Å²) >= 11 is 0. The molecule has 132 valence electrons. The van der Waals surface area contributed by atoms with Crippen molar-refractivity contribution in [2.24, 2.45) is 0 Å². The summed E-state index contributed by atoms with van der Waals surface area (Å²) in [6.07, 6.45) is 0.463. The average molecular weight is 340 g/mol. The summed E-state index contributed by atoms with van der Waals surface area (Å²) in [5.41, 5.74) is 3.09. The molecule has 1 amide bonds. The number of amides is 1. The Kier molecular flexibility index (Phi) is 4.55.